The van der Waals surface area contributed by atoms with E-state index in [0.717, 1.165) is 35.6 Å². The van der Waals surface area contributed by atoms with Crippen LogP contribution in [-0.4, -0.2) is 43.2 Å². The molecule has 2 aromatic carbocycles. The van der Waals surface area contributed by atoms with Gasteiger partial charge in [0.1, 0.15) is 11.5 Å². The van der Waals surface area contributed by atoms with E-state index in [0.29, 0.717) is 30.2 Å². The van der Waals surface area contributed by atoms with Crippen molar-refractivity contribution < 1.29 is 17.9 Å². The van der Waals surface area contributed by atoms with Crippen LogP contribution >= 0.6 is 0 Å². The van der Waals surface area contributed by atoms with E-state index >= 15 is 0 Å². The molecule has 0 spiro atoms. The number of rotatable bonds is 7. The SMILES string of the molecule is [C-]#[N+][C@@H]1CCCN1C(=O)[C@@H](C)Cc1c[nH]c2ccc(Oc3ccc(NS(C)(=O)=O)cc3)cc12. The Kier molecular flexibility index (Phi) is 6.29. The first-order valence-electron chi connectivity index (χ1n) is 10.8. The number of carbonyl (C=O) groups excluding carboxylic acids is 1. The van der Waals surface area contributed by atoms with E-state index in [1.165, 1.54) is 0 Å². The number of nitrogens with one attached hydrogen (secondary N) is 2. The van der Waals surface area contributed by atoms with E-state index < -0.39 is 10.0 Å². The lowest BCUT2D eigenvalue weighted by molar-refractivity contribution is -0.135. The van der Waals surface area contributed by atoms with Crippen molar-refractivity contribution in [1.82, 2.24) is 9.88 Å². The standard InChI is InChI=1S/C24H26N4O4S/c1-16(24(29)28-12-4-5-23(28)25-2)13-17-15-26-22-11-10-20(14-21(17)22)32-19-8-6-18(7-9-19)27-33(3,30)31/h6-11,14-16,23,26-27H,4-5,12-13H2,1,3H3/t16-,23-/m0/s1. The van der Waals surface area contributed by atoms with E-state index in [2.05, 4.69) is 14.6 Å². The summed E-state index contributed by atoms with van der Waals surface area (Å²) < 4.78 is 31.1. The maximum Gasteiger partial charge on any atom is 0.300 e. The number of anilines is 1. The van der Waals surface area contributed by atoms with Crippen LogP contribution in [-0.2, 0) is 21.2 Å². The highest BCUT2D eigenvalue weighted by Crippen LogP contribution is 2.30. The summed E-state index contributed by atoms with van der Waals surface area (Å²) in [5.41, 5.74) is 2.43. The van der Waals surface area contributed by atoms with Crippen LogP contribution in [0.1, 0.15) is 25.3 Å². The van der Waals surface area contributed by atoms with Gasteiger partial charge in [-0.15, -0.1) is 0 Å². The molecule has 3 aromatic rings. The molecular formula is C24H26N4O4S. The van der Waals surface area contributed by atoms with Crippen molar-refractivity contribution in [1.29, 1.82) is 0 Å². The number of nitrogens with zero attached hydrogens (tertiary/aromatic N) is 2. The van der Waals surface area contributed by atoms with Crippen molar-refractivity contribution >= 4 is 32.5 Å². The molecule has 2 heterocycles. The van der Waals surface area contributed by atoms with Gasteiger partial charge in [0, 0.05) is 41.7 Å². The van der Waals surface area contributed by atoms with Crippen molar-refractivity contribution in [2.45, 2.75) is 32.4 Å². The fraction of sp³-hybridized carbons (Fsp3) is 0.333. The molecular weight excluding hydrogens is 440 g/mol. The molecule has 1 aliphatic rings. The third kappa shape index (κ3) is 5.29. The number of ether oxygens (including phenoxy) is 1. The zero-order chi connectivity index (χ0) is 23.6. The molecule has 1 aliphatic heterocycles. The Morgan fingerprint density at radius 3 is 2.70 bits per heavy atom. The Morgan fingerprint density at radius 2 is 2.00 bits per heavy atom. The van der Waals surface area contributed by atoms with Gasteiger partial charge >= 0.3 is 6.17 Å². The molecule has 2 N–H and O–H groups in total. The molecule has 1 fully saturated rings. The summed E-state index contributed by atoms with van der Waals surface area (Å²) in [5.74, 6) is 1.01. The molecule has 0 unspecified atom stereocenters. The molecule has 0 bridgehead atoms. The normalized spacial score (nSPS) is 17.0. The number of amides is 1. The van der Waals surface area contributed by atoms with Crippen LogP contribution in [0.15, 0.2) is 48.7 Å². The Morgan fingerprint density at radius 1 is 1.27 bits per heavy atom. The van der Waals surface area contributed by atoms with Crippen LogP contribution < -0.4 is 9.46 Å². The van der Waals surface area contributed by atoms with E-state index in [4.69, 9.17) is 11.3 Å². The van der Waals surface area contributed by atoms with Crippen molar-refractivity contribution in [3.63, 3.8) is 0 Å². The van der Waals surface area contributed by atoms with Crippen molar-refractivity contribution in [3.8, 4) is 11.5 Å². The Bertz CT molecular complexity index is 1310. The third-order valence-corrected chi connectivity index (χ3v) is 6.34. The lowest BCUT2D eigenvalue weighted by Gasteiger charge is -2.20. The number of aromatic nitrogens is 1. The first-order chi connectivity index (χ1) is 15.7. The third-order valence-electron chi connectivity index (χ3n) is 5.73. The van der Waals surface area contributed by atoms with Gasteiger partial charge in [0.25, 0.3) is 0 Å². The predicted octanol–water partition coefficient (Wildman–Crippen LogP) is 4.38. The summed E-state index contributed by atoms with van der Waals surface area (Å²) in [5, 5.41) is 0.977. The molecule has 1 aromatic heterocycles. The summed E-state index contributed by atoms with van der Waals surface area (Å²) in [6.07, 6.45) is 4.88. The second-order valence-electron chi connectivity index (χ2n) is 8.41. The van der Waals surface area contributed by atoms with Crippen LogP contribution in [0.25, 0.3) is 15.7 Å². The first-order valence-corrected chi connectivity index (χ1v) is 12.7. The molecule has 4 rings (SSSR count). The summed E-state index contributed by atoms with van der Waals surface area (Å²) in [7, 11) is -3.33. The Hall–Kier alpha value is -3.51. The fourth-order valence-electron chi connectivity index (χ4n) is 4.17. The zero-order valence-corrected chi connectivity index (χ0v) is 19.4. The monoisotopic (exact) mass is 466 g/mol. The Balaban J connectivity index is 1.48. The minimum absolute atomic E-state index is 0.0260. The smallest absolute Gasteiger partial charge is 0.300 e. The number of likely N-dealkylation sites (tertiary alicyclic amines) is 1. The van der Waals surface area contributed by atoms with Gasteiger partial charge in [0.15, 0.2) is 0 Å². The molecule has 0 aliphatic carbocycles. The summed E-state index contributed by atoms with van der Waals surface area (Å²) >= 11 is 0. The number of hydrogen-bond donors (Lipinski definition) is 2. The minimum atomic E-state index is -3.33. The van der Waals surface area contributed by atoms with Gasteiger partial charge in [0.2, 0.25) is 15.9 Å². The van der Waals surface area contributed by atoms with E-state index in [1.807, 2.05) is 31.3 Å². The van der Waals surface area contributed by atoms with Crippen LogP contribution in [0.3, 0.4) is 0 Å². The number of H-pyrrole nitrogens is 1. The maximum absolute atomic E-state index is 12.9. The highest BCUT2D eigenvalue weighted by atomic mass is 32.2. The van der Waals surface area contributed by atoms with Gasteiger partial charge in [-0.1, -0.05) is 6.92 Å². The number of sulfonamides is 1. The van der Waals surface area contributed by atoms with E-state index in [9.17, 15) is 13.2 Å². The van der Waals surface area contributed by atoms with Gasteiger partial charge in [-0.2, -0.15) is 0 Å². The fourth-order valence-corrected chi connectivity index (χ4v) is 4.74. The summed E-state index contributed by atoms with van der Waals surface area (Å²) in [4.78, 5) is 21.5. The molecule has 33 heavy (non-hydrogen) atoms. The average Bonchev–Trinajstić information content (AvgIpc) is 3.40. The summed E-state index contributed by atoms with van der Waals surface area (Å²) in [6.45, 7) is 9.88. The first kappa shape index (κ1) is 22.7. The molecule has 172 valence electrons. The van der Waals surface area contributed by atoms with E-state index in [-0.39, 0.29) is 18.0 Å². The topological polar surface area (TPSA) is 95.9 Å². The van der Waals surface area contributed by atoms with E-state index in [1.54, 1.807) is 29.2 Å². The Labute approximate surface area is 193 Å². The maximum atomic E-state index is 12.9. The predicted molar refractivity (Wildman–Crippen MR) is 127 cm³/mol. The number of fused-ring (bicyclic) bond motifs is 1. The van der Waals surface area contributed by atoms with Crippen LogP contribution in [0.5, 0.6) is 11.5 Å². The highest BCUT2D eigenvalue weighted by Gasteiger charge is 2.35. The molecule has 9 heteroatoms. The van der Waals surface area contributed by atoms with Gasteiger partial charge < -0.3 is 9.72 Å². The second-order valence-corrected chi connectivity index (χ2v) is 10.2. The minimum Gasteiger partial charge on any atom is -0.457 e. The molecule has 1 saturated heterocycles. The van der Waals surface area contributed by atoms with Gasteiger partial charge in [-0.05, 0) is 60.9 Å². The molecule has 1 amide bonds. The highest BCUT2D eigenvalue weighted by molar-refractivity contribution is 7.92. The zero-order valence-electron chi connectivity index (χ0n) is 18.5. The lowest BCUT2D eigenvalue weighted by Crippen LogP contribution is -2.38. The summed E-state index contributed by atoms with van der Waals surface area (Å²) in [6, 6.07) is 12.4. The van der Waals surface area contributed by atoms with Crippen molar-refractivity contribution in [2.24, 2.45) is 5.92 Å². The number of benzene rings is 2. The van der Waals surface area contributed by atoms with Crippen molar-refractivity contribution in [2.75, 3.05) is 17.5 Å². The number of hydrogen-bond acceptors (Lipinski definition) is 4. The van der Waals surface area contributed by atoms with Gasteiger partial charge in [-0.25, -0.2) is 15.0 Å². The van der Waals surface area contributed by atoms with Crippen LogP contribution in [0.4, 0.5) is 5.69 Å². The largest absolute Gasteiger partial charge is 0.457 e. The quantitative estimate of drug-likeness (QED) is 0.505. The molecule has 0 radical (unpaired) electrons. The molecule has 8 nitrogen and oxygen atoms in total. The van der Waals surface area contributed by atoms with Gasteiger partial charge in [-0.3, -0.25) is 19.3 Å². The average molecular weight is 467 g/mol. The molecule has 2 atom stereocenters. The van der Waals surface area contributed by atoms with Gasteiger partial charge in [0.05, 0.1) is 6.26 Å². The molecule has 0 saturated carbocycles. The number of carbonyl (C=O) groups is 1. The van der Waals surface area contributed by atoms with Crippen molar-refractivity contribution in [3.05, 3.63) is 65.6 Å². The van der Waals surface area contributed by atoms with Crippen LogP contribution in [0.2, 0.25) is 0 Å². The van der Waals surface area contributed by atoms with Crippen LogP contribution in [0, 0.1) is 12.5 Å². The lowest BCUT2D eigenvalue weighted by atomic mass is 9.99. The number of aromatic amines is 1. The second kappa shape index (κ2) is 9.16.